The number of rotatable bonds is 3. The third-order valence-corrected chi connectivity index (χ3v) is 4.86. The topological polar surface area (TPSA) is 29.3 Å². The smallest absolute Gasteiger partial charge is 0.129 e. The van der Waals surface area contributed by atoms with Gasteiger partial charge in [0.25, 0.3) is 0 Å². The molecule has 0 radical (unpaired) electrons. The van der Waals surface area contributed by atoms with E-state index in [1.807, 2.05) is 12.1 Å². The normalized spacial score (nSPS) is 26.4. The Kier molecular flexibility index (Phi) is 4.98. The fourth-order valence-electron chi connectivity index (χ4n) is 3.02. The molecule has 0 bridgehead atoms. The molecule has 1 aromatic rings. The van der Waals surface area contributed by atoms with Crippen LogP contribution in [-0.2, 0) is 0 Å². The van der Waals surface area contributed by atoms with E-state index in [4.69, 9.17) is 5.73 Å². The zero-order valence-corrected chi connectivity index (χ0v) is 13.2. The summed E-state index contributed by atoms with van der Waals surface area (Å²) < 4.78 is 14.9. The standard InChI is InChI=1S/C15H22BrFN2/c1-10-4-3-7-19(11(10)2)15(9-18)13-6-5-12(16)8-14(13)17/h5-6,8,10-11,15H,3-4,7,9,18H2,1-2H3. The summed E-state index contributed by atoms with van der Waals surface area (Å²) in [7, 11) is 0. The van der Waals surface area contributed by atoms with Crippen LogP contribution in [0.15, 0.2) is 22.7 Å². The summed E-state index contributed by atoms with van der Waals surface area (Å²) in [5.74, 6) is 0.469. The molecular weight excluding hydrogens is 307 g/mol. The average molecular weight is 329 g/mol. The van der Waals surface area contributed by atoms with E-state index in [0.717, 1.165) is 11.0 Å². The molecular formula is C15H22BrFN2. The molecule has 2 rings (SSSR count). The Morgan fingerprint density at radius 2 is 2.21 bits per heavy atom. The van der Waals surface area contributed by atoms with Gasteiger partial charge in [-0.15, -0.1) is 0 Å². The van der Waals surface area contributed by atoms with Crippen LogP contribution >= 0.6 is 15.9 Å². The minimum Gasteiger partial charge on any atom is -0.329 e. The maximum absolute atomic E-state index is 14.2. The fourth-order valence-corrected chi connectivity index (χ4v) is 3.35. The summed E-state index contributed by atoms with van der Waals surface area (Å²) in [6.07, 6.45) is 2.41. The minimum absolute atomic E-state index is 0.0224. The van der Waals surface area contributed by atoms with Gasteiger partial charge >= 0.3 is 0 Å². The lowest BCUT2D eigenvalue weighted by Crippen LogP contribution is -2.46. The fraction of sp³-hybridized carbons (Fsp3) is 0.600. The Bertz CT molecular complexity index is 438. The van der Waals surface area contributed by atoms with Gasteiger partial charge in [0.1, 0.15) is 5.82 Å². The SMILES string of the molecule is CC1CCCN(C(CN)c2ccc(Br)cc2F)C1C. The maximum atomic E-state index is 14.2. The van der Waals surface area contributed by atoms with E-state index in [0.29, 0.717) is 24.1 Å². The minimum atomic E-state index is -0.171. The maximum Gasteiger partial charge on any atom is 0.129 e. The summed E-state index contributed by atoms with van der Waals surface area (Å²) in [6, 6.07) is 5.69. The highest BCUT2D eigenvalue weighted by molar-refractivity contribution is 9.10. The van der Waals surface area contributed by atoms with E-state index in [1.54, 1.807) is 0 Å². The van der Waals surface area contributed by atoms with E-state index < -0.39 is 0 Å². The quantitative estimate of drug-likeness (QED) is 0.916. The Hall–Kier alpha value is -0.450. The number of halogens is 2. The van der Waals surface area contributed by atoms with Crippen molar-refractivity contribution < 1.29 is 4.39 Å². The molecule has 1 aliphatic rings. The molecule has 0 aliphatic carbocycles. The van der Waals surface area contributed by atoms with Gasteiger partial charge in [-0.2, -0.15) is 0 Å². The van der Waals surface area contributed by atoms with E-state index in [1.165, 1.54) is 18.9 Å². The first-order valence-corrected chi connectivity index (χ1v) is 7.74. The van der Waals surface area contributed by atoms with Crippen molar-refractivity contribution in [2.24, 2.45) is 11.7 Å². The number of likely N-dealkylation sites (tertiary alicyclic amines) is 1. The molecule has 0 amide bonds. The lowest BCUT2D eigenvalue weighted by molar-refractivity contribution is 0.0694. The second-order valence-electron chi connectivity index (χ2n) is 5.52. The van der Waals surface area contributed by atoms with Crippen molar-refractivity contribution in [1.29, 1.82) is 0 Å². The third-order valence-electron chi connectivity index (χ3n) is 4.37. The molecule has 19 heavy (non-hydrogen) atoms. The number of hydrogen-bond acceptors (Lipinski definition) is 2. The van der Waals surface area contributed by atoms with Crippen molar-refractivity contribution in [2.75, 3.05) is 13.1 Å². The van der Waals surface area contributed by atoms with Gasteiger partial charge in [0.2, 0.25) is 0 Å². The van der Waals surface area contributed by atoms with Crippen LogP contribution in [0.2, 0.25) is 0 Å². The summed E-state index contributed by atoms with van der Waals surface area (Å²) in [5, 5.41) is 0. The summed E-state index contributed by atoms with van der Waals surface area (Å²) in [4.78, 5) is 2.36. The second-order valence-corrected chi connectivity index (χ2v) is 6.43. The van der Waals surface area contributed by atoms with Crippen LogP contribution in [0, 0.1) is 11.7 Å². The molecule has 1 heterocycles. The van der Waals surface area contributed by atoms with Crippen molar-refractivity contribution in [3.63, 3.8) is 0 Å². The van der Waals surface area contributed by atoms with Crippen LogP contribution in [0.25, 0.3) is 0 Å². The van der Waals surface area contributed by atoms with Gasteiger partial charge in [-0.3, -0.25) is 4.90 Å². The van der Waals surface area contributed by atoms with Crippen molar-refractivity contribution >= 4 is 15.9 Å². The summed E-state index contributed by atoms with van der Waals surface area (Å²) in [5.41, 5.74) is 6.64. The van der Waals surface area contributed by atoms with E-state index >= 15 is 0 Å². The molecule has 3 atom stereocenters. The van der Waals surface area contributed by atoms with Crippen molar-refractivity contribution in [2.45, 2.75) is 38.8 Å². The average Bonchev–Trinajstić information content (AvgIpc) is 2.37. The van der Waals surface area contributed by atoms with Crippen molar-refractivity contribution in [3.8, 4) is 0 Å². The van der Waals surface area contributed by atoms with Gasteiger partial charge in [0, 0.05) is 22.6 Å². The zero-order chi connectivity index (χ0) is 14.0. The Morgan fingerprint density at radius 3 is 2.84 bits per heavy atom. The molecule has 1 saturated heterocycles. The second kappa shape index (κ2) is 6.33. The monoisotopic (exact) mass is 328 g/mol. The van der Waals surface area contributed by atoms with Gasteiger partial charge in [0.15, 0.2) is 0 Å². The molecule has 1 fully saturated rings. The Labute approximate surface area is 123 Å². The highest BCUT2D eigenvalue weighted by Crippen LogP contribution is 2.32. The molecule has 0 saturated carbocycles. The van der Waals surface area contributed by atoms with Gasteiger partial charge in [-0.1, -0.05) is 28.9 Å². The number of nitrogens with two attached hydrogens (primary N) is 1. The largest absolute Gasteiger partial charge is 0.329 e. The van der Waals surface area contributed by atoms with E-state index in [2.05, 4.69) is 34.7 Å². The van der Waals surface area contributed by atoms with Crippen molar-refractivity contribution in [3.05, 3.63) is 34.1 Å². The van der Waals surface area contributed by atoms with E-state index in [9.17, 15) is 4.39 Å². The molecule has 1 aliphatic heterocycles. The number of piperidine rings is 1. The van der Waals surface area contributed by atoms with Crippen LogP contribution in [-0.4, -0.2) is 24.0 Å². The van der Waals surface area contributed by atoms with Crippen LogP contribution < -0.4 is 5.73 Å². The van der Waals surface area contributed by atoms with Gasteiger partial charge < -0.3 is 5.73 Å². The summed E-state index contributed by atoms with van der Waals surface area (Å²) in [6.45, 7) is 5.95. The molecule has 4 heteroatoms. The molecule has 2 N–H and O–H groups in total. The first-order chi connectivity index (χ1) is 9.04. The van der Waals surface area contributed by atoms with Gasteiger partial charge in [-0.25, -0.2) is 4.39 Å². The lowest BCUT2D eigenvalue weighted by atomic mass is 9.89. The Morgan fingerprint density at radius 1 is 1.47 bits per heavy atom. The molecule has 106 valence electrons. The van der Waals surface area contributed by atoms with E-state index in [-0.39, 0.29) is 11.9 Å². The van der Waals surface area contributed by atoms with Gasteiger partial charge in [0.05, 0.1) is 6.04 Å². The van der Waals surface area contributed by atoms with Crippen molar-refractivity contribution in [1.82, 2.24) is 4.90 Å². The number of nitrogens with zero attached hydrogens (tertiary/aromatic N) is 1. The van der Waals surface area contributed by atoms with Crippen LogP contribution in [0.1, 0.15) is 38.3 Å². The molecule has 2 nitrogen and oxygen atoms in total. The number of benzene rings is 1. The first kappa shape index (κ1) is 14.9. The summed E-state index contributed by atoms with van der Waals surface area (Å²) >= 11 is 3.30. The molecule has 0 aromatic heterocycles. The van der Waals surface area contributed by atoms with Gasteiger partial charge in [-0.05, 0) is 44.4 Å². The first-order valence-electron chi connectivity index (χ1n) is 6.95. The highest BCUT2D eigenvalue weighted by Gasteiger charge is 2.31. The zero-order valence-electron chi connectivity index (χ0n) is 11.6. The van der Waals surface area contributed by atoms with Crippen LogP contribution in [0.5, 0.6) is 0 Å². The van der Waals surface area contributed by atoms with Crippen LogP contribution in [0.4, 0.5) is 4.39 Å². The number of hydrogen-bond donors (Lipinski definition) is 1. The lowest BCUT2D eigenvalue weighted by Gasteiger charge is -2.42. The molecule has 1 aromatic carbocycles. The molecule has 0 spiro atoms. The van der Waals surface area contributed by atoms with Crippen LogP contribution in [0.3, 0.4) is 0 Å². The predicted molar refractivity (Wildman–Crippen MR) is 80.5 cm³/mol. The Balaban J connectivity index is 2.28. The predicted octanol–water partition coefficient (Wildman–Crippen LogP) is 3.71. The third kappa shape index (κ3) is 3.18. The highest BCUT2D eigenvalue weighted by atomic mass is 79.9. The molecule has 3 unspecified atom stereocenters.